The maximum atomic E-state index is 11.9. The molecule has 7 heteroatoms. The summed E-state index contributed by atoms with van der Waals surface area (Å²) in [5, 5.41) is 8.27. The molecule has 24 heavy (non-hydrogen) atoms. The molecule has 0 amide bonds. The molecule has 0 saturated heterocycles. The van der Waals surface area contributed by atoms with Crippen molar-refractivity contribution >= 4 is 17.6 Å². The molecular weight excluding hydrogens is 332 g/mol. The number of aromatic nitrogens is 2. The van der Waals surface area contributed by atoms with Crippen LogP contribution in [0, 0.1) is 0 Å². The summed E-state index contributed by atoms with van der Waals surface area (Å²) in [5.74, 6) is 0.762. The highest BCUT2D eigenvalue weighted by atomic mass is 35.5. The second-order valence-corrected chi connectivity index (χ2v) is 5.25. The first kappa shape index (κ1) is 16.0. The number of carbonyl (C=O) groups is 1. The lowest BCUT2D eigenvalue weighted by Crippen LogP contribution is -2.05. The van der Waals surface area contributed by atoms with Gasteiger partial charge in [0.25, 0.3) is 5.89 Å². The van der Waals surface area contributed by atoms with Gasteiger partial charge in [-0.15, -0.1) is 10.2 Å². The summed E-state index contributed by atoms with van der Waals surface area (Å²) in [7, 11) is 1.59. The van der Waals surface area contributed by atoms with E-state index in [-0.39, 0.29) is 12.5 Å². The third-order valence-electron chi connectivity index (χ3n) is 3.19. The standard InChI is InChI=1S/C17H13ClN2O4/c1-22-14-7-5-11(6-8-14)16-20-19-15(24-16)10-23-17(21)12-3-2-4-13(18)9-12/h2-9H,10H2,1H3. The molecule has 1 heterocycles. The largest absolute Gasteiger partial charge is 0.497 e. The van der Waals surface area contributed by atoms with Crippen molar-refractivity contribution in [2.75, 3.05) is 7.11 Å². The fraction of sp³-hybridized carbons (Fsp3) is 0.118. The molecule has 0 fully saturated rings. The number of rotatable bonds is 5. The van der Waals surface area contributed by atoms with Gasteiger partial charge in [0.05, 0.1) is 12.7 Å². The third-order valence-corrected chi connectivity index (χ3v) is 3.43. The monoisotopic (exact) mass is 344 g/mol. The number of hydrogen-bond acceptors (Lipinski definition) is 6. The van der Waals surface area contributed by atoms with E-state index in [2.05, 4.69) is 10.2 Å². The lowest BCUT2D eigenvalue weighted by atomic mass is 10.2. The molecular formula is C17H13ClN2O4. The summed E-state index contributed by atoms with van der Waals surface area (Å²) in [5.41, 5.74) is 1.10. The average molecular weight is 345 g/mol. The van der Waals surface area contributed by atoms with E-state index in [0.29, 0.717) is 16.5 Å². The van der Waals surface area contributed by atoms with E-state index in [4.69, 9.17) is 25.5 Å². The Morgan fingerprint density at radius 2 is 1.96 bits per heavy atom. The Bertz CT molecular complexity index is 846. The molecule has 122 valence electrons. The Labute approximate surface area is 143 Å². The van der Waals surface area contributed by atoms with E-state index >= 15 is 0 Å². The van der Waals surface area contributed by atoms with E-state index in [0.717, 1.165) is 11.3 Å². The van der Waals surface area contributed by atoms with E-state index in [9.17, 15) is 4.79 Å². The Morgan fingerprint density at radius 3 is 2.67 bits per heavy atom. The molecule has 2 aromatic carbocycles. The predicted octanol–water partition coefficient (Wildman–Crippen LogP) is 3.76. The quantitative estimate of drug-likeness (QED) is 0.656. The van der Waals surface area contributed by atoms with E-state index < -0.39 is 5.97 Å². The van der Waals surface area contributed by atoms with Crippen LogP contribution in [0.4, 0.5) is 0 Å². The molecule has 0 saturated carbocycles. The Morgan fingerprint density at radius 1 is 1.17 bits per heavy atom. The summed E-state index contributed by atoms with van der Waals surface area (Å²) >= 11 is 5.84. The van der Waals surface area contributed by atoms with Crippen LogP contribution in [0.1, 0.15) is 16.2 Å². The molecule has 0 unspecified atom stereocenters. The lowest BCUT2D eigenvalue weighted by molar-refractivity contribution is 0.0438. The van der Waals surface area contributed by atoms with Crippen LogP contribution < -0.4 is 4.74 Å². The van der Waals surface area contributed by atoms with Gasteiger partial charge >= 0.3 is 5.97 Å². The molecule has 0 atom stereocenters. The van der Waals surface area contributed by atoms with Crippen molar-refractivity contribution in [2.45, 2.75) is 6.61 Å². The SMILES string of the molecule is COc1ccc(-c2nnc(COC(=O)c3cccc(Cl)c3)o2)cc1. The Hall–Kier alpha value is -2.86. The number of carbonyl (C=O) groups excluding carboxylic acids is 1. The van der Waals surface area contributed by atoms with Gasteiger partial charge in [-0.25, -0.2) is 4.79 Å². The maximum Gasteiger partial charge on any atom is 0.338 e. The van der Waals surface area contributed by atoms with Gasteiger partial charge in [-0.2, -0.15) is 0 Å². The van der Waals surface area contributed by atoms with Crippen molar-refractivity contribution in [3.8, 4) is 17.2 Å². The van der Waals surface area contributed by atoms with Crippen molar-refractivity contribution < 1.29 is 18.7 Å². The molecule has 3 aromatic rings. The lowest BCUT2D eigenvalue weighted by Gasteiger charge is -2.02. The first-order chi connectivity index (χ1) is 11.7. The van der Waals surface area contributed by atoms with Crippen LogP contribution >= 0.6 is 11.6 Å². The van der Waals surface area contributed by atoms with Crippen molar-refractivity contribution in [1.29, 1.82) is 0 Å². The molecule has 3 rings (SSSR count). The molecule has 0 bridgehead atoms. The van der Waals surface area contributed by atoms with Crippen LogP contribution in [-0.2, 0) is 11.3 Å². The number of methoxy groups -OCH3 is 1. The molecule has 0 aliphatic rings. The van der Waals surface area contributed by atoms with Crippen LogP contribution in [0.2, 0.25) is 5.02 Å². The molecule has 0 radical (unpaired) electrons. The zero-order chi connectivity index (χ0) is 16.9. The van der Waals surface area contributed by atoms with Crippen LogP contribution in [0.3, 0.4) is 0 Å². The third kappa shape index (κ3) is 3.72. The second-order valence-electron chi connectivity index (χ2n) is 4.82. The molecule has 6 nitrogen and oxygen atoms in total. The van der Waals surface area contributed by atoms with Crippen molar-refractivity contribution in [3.63, 3.8) is 0 Å². The van der Waals surface area contributed by atoms with Crippen LogP contribution in [0.5, 0.6) is 5.75 Å². The van der Waals surface area contributed by atoms with Crippen molar-refractivity contribution in [2.24, 2.45) is 0 Å². The van der Waals surface area contributed by atoms with Gasteiger partial charge in [-0.1, -0.05) is 17.7 Å². The highest BCUT2D eigenvalue weighted by Crippen LogP contribution is 2.21. The fourth-order valence-electron chi connectivity index (χ4n) is 1.99. The van der Waals surface area contributed by atoms with E-state index in [1.165, 1.54) is 6.07 Å². The van der Waals surface area contributed by atoms with Gasteiger partial charge < -0.3 is 13.9 Å². The summed E-state index contributed by atoms with van der Waals surface area (Å²) in [6.07, 6.45) is 0. The summed E-state index contributed by atoms with van der Waals surface area (Å²) < 4.78 is 15.7. The van der Waals surface area contributed by atoms with Gasteiger partial charge in [0.15, 0.2) is 6.61 Å². The normalized spacial score (nSPS) is 10.4. The minimum atomic E-state index is -0.512. The summed E-state index contributed by atoms with van der Waals surface area (Å²) in [6.45, 7) is -0.117. The first-order valence-electron chi connectivity index (χ1n) is 7.05. The maximum absolute atomic E-state index is 11.9. The molecule has 0 spiro atoms. The molecule has 0 aliphatic carbocycles. The van der Waals surface area contributed by atoms with Crippen LogP contribution in [0.25, 0.3) is 11.5 Å². The number of benzene rings is 2. The topological polar surface area (TPSA) is 74.5 Å². The van der Waals surface area contributed by atoms with Gasteiger partial charge in [-0.3, -0.25) is 0 Å². The smallest absolute Gasteiger partial charge is 0.338 e. The van der Waals surface area contributed by atoms with Crippen LogP contribution in [0.15, 0.2) is 52.9 Å². The number of halogens is 1. The molecule has 1 aromatic heterocycles. The number of esters is 1. The van der Waals surface area contributed by atoms with Crippen molar-refractivity contribution in [3.05, 3.63) is 65.0 Å². The predicted molar refractivity (Wildman–Crippen MR) is 86.9 cm³/mol. The molecule has 0 N–H and O–H groups in total. The van der Waals surface area contributed by atoms with E-state index in [1.54, 1.807) is 49.6 Å². The van der Waals surface area contributed by atoms with Crippen LogP contribution in [-0.4, -0.2) is 23.3 Å². The van der Waals surface area contributed by atoms with Gasteiger partial charge in [0.2, 0.25) is 5.89 Å². The minimum Gasteiger partial charge on any atom is -0.497 e. The summed E-state index contributed by atoms with van der Waals surface area (Å²) in [4.78, 5) is 11.9. The van der Waals surface area contributed by atoms with Crippen molar-refractivity contribution in [1.82, 2.24) is 10.2 Å². The Balaban J connectivity index is 1.64. The number of hydrogen-bond donors (Lipinski definition) is 0. The summed E-state index contributed by atoms with van der Waals surface area (Å²) in [6, 6.07) is 13.7. The zero-order valence-electron chi connectivity index (χ0n) is 12.7. The average Bonchev–Trinajstić information content (AvgIpc) is 3.09. The highest BCUT2D eigenvalue weighted by molar-refractivity contribution is 6.30. The van der Waals surface area contributed by atoms with Gasteiger partial charge in [0, 0.05) is 10.6 Å². The fourth-order valence-corrected chi connectivity index (χ4v) is 2.18. The Kier molecular flexibility index (Phi) is 4.77. The van der Waals surface area contributed by atoms with E-state index in [1.807, 2.05) is 0 Å². The number of nitrogens with zero attached hydrogens (tertiary/aromatic N) is 2. The van der Waals surface area contributed by atoms with Gasteiger partial charge in [0.1, 0.15) is 5.75 Å². The minimum absolute atomic E-state index is 0.117. The zero-order valence-corrected chi connectivity index (χ0v) is 13.5. The van der Waals surface area contributed by atoms with Gasteiger partial charge in [-0.05, 0) is 42.5 Å². The number of ether oxygens (including phenoxy) is 2. The second kappa shape index (κ2) is 7.14. The highest BCUT2D eigenvalue weighted by Gasteiger charge is 2.12. The first-order valence-corrected chi connectivity index (χ1v) is 7.43. The molecule has 0 aliphatic heterocycles.